The molecule has 1 aliphatic heterocycles. The first kappa shape index (κ1) is 22.3. The Kier molecular flexibility index (Phi) is 6.45. The summed E-state index contributed by atoms with van der Waals surface area (Å²) in [6, 6.07) is 17.0. The molecule has 0 bridgehead atoms. The summed E-state index contributed by atoms with van der Waals surface area (Å²) in [7, 11) is -3.78. The van der Waals surface area contributed by atoms with E-state index in [4.69, 9.17) is 16.3 Å². The van der Waals surface area contributed by atoms with Crippen molar-refractivity contribution in [2.45, 2.75) is 18.0 Å². The van der Waals surface area contributed by atoms with Crippen molar-refractivity contribution >= 4 is 27.5 Å². The zero-order valence-electron chi connectivity index (χ0n) is 16.9. The van der Waals surface area contributed by atoms with Gasteiger partial charge in [-0.2, -0.15) is 4.31 Å². The first-order valence-corrected chi connectivity index (χ1v) is 11.7. The van der Waals surface area contributed by atoms with Crippen LogP contribution in [0.25, 0.3) is 0 Å². The molecular formula is C23H20ClFN2O4S. The van der Waals surface area contributed by atoms with Gasteiger partial charge in [0.2, 0.25) is 10.0 Å². The molecule has 0 saturated carbocycles. The van der Waals surface area contributed by atoms with Crippen LogP contribution in [0.1, 0.15) is 21.5 Å². The van der Waals surface area contributed by atoms with Crippen molar-refractivity contribution in [3.05, 3.63) is 94.3 Å². The van der Waals surface area contributed by atoms with E-state index < -0.39 is 21.7 Å². The van der Waals surface area contributed by atoms with Gasteiger partial charge >= 0.3 is 0 Å². The summed E-state index contributed by atoms with van der Waals surface area (Å²) in [5.74, 6) is -0.275. The Morgan fingerprint density at radius 2 is 1.84 bits per heavy atom. The summed E-state index contributed by atoms with van der Waals surface area (Å²) in [5.41, 5.74) is 1.27. The smallest absolute Gasteiger partial charge is 0.251 e. The average Bonchev–Trinajstić information content (AvgIpc) is 3.01. The van der Waals surface area contributed by atoms with Gasteiger partial charge in [-0.3, -0.25) is 4.79 Å². The van der Waals surface area contributed by atoms with Crippen LogP contribution < -0.4 is 10.1 Å². The van der Waals surface area contributed by atoms with Crippen LogP contribution in [0.5, 0.6) is 5.75 Å². The molecule has 1 heterocycles. The lowest BCUT2D eigenvalue weighted by atomic mass is 10.1. The Balaban J connectivity index is 1.54. The average molecular weight is 475 g/mol. The van der Waals surface area contributed by atoms with Crippen LogP contribution in [-0.2, 0) is 23.1 Å². The quantitative estimate of drug-likeness (QED) is 0.606. The van der Waals surface area contributed by atoms with Gasteiger partial charge in [0.15, 0.2) is 0 Å². The molecule has 0 unspecified atom stereocenters. The number of amides is 1. The maximum absolute atomic E-state index is 13.8. The first-order chi connectivity index (χ1) is 15.3. The highest BCUT2D eigenvalue weighted by molar-refractivity contribution is 7.89. The van der Waals surface area contributed by atoms with Crippen molar-refractivity contribution in [1.29, 1.82) is 0 Å². The standard InChI is InChI=1S/C23H20ClFN2O4S/c24-19-6-8-20(9-7-19)32(29,30)27-11-12-31-22-10-5-16(13-18(22)15-27)23(28)26-14-17-3-1-2-4-21(17)25/h1-10,13H,11-12,14-15H2,(H,26,28). The van der Waals surface area contributed by atoms with Gasteiger partial charge in [-0.1, -0.05) is 29.8 Å². The van der Waals surface area contributed by atoms with Gasteiger partial charge in [0, 0.05) is 41.3 Å². The number of carbonyl (C=O) groups excluding carboxylic acids is 1. The number of sulfonamides is 1. The molecular weight excluding hydrogens is 455 g/mol. The first-order valence-electron chi connectivity index (χ1n) is 9.87. The summed E-state index contributed by atoms with van der Waals surface area (Å²) < 4.78 is 47.0. The molecule has 0 radical (unpaired) electrons. The van der Waals surface area contributed by atoms with Crippen molar-refractivity contribution in [1.82, 2.24) is 9.62 Å². The molecule has 1 amide bonds. The summed E-state index contributed by atoms with van der Waals surface area (Å²) in [6.45, 7) is 0.429. The molecule has 0 aromatic heterocycles. The van der Waals surface area contributed by atoms with E-state index >= 15 is 0 Å². The van der Waals surface area contributed by atoms with Crippen LogP contribution in [-0.4, -0.2) is 31.8 Å². The van der Waals surface area contributed by atoms with Gasteiger partial charge in [-0.25, -0.2) is 12.8 Å². The van der Waals surface area contributed by atoms with Crippen molar-refractivity contribution in [3.8, 4) is 5.75 Å². The number of fused-ring (bicyclic) bond motifs is 1. The van der Waals surface area contributed by atoms with Crippen LogP contribution in [0.2, 0.25) is 5.02 Å². The fourth-order valence-electron chi connectivity index (χ4n) is 3.39. The van der Waals surface area contributed by atoms with Crippen LogP contribution >= 0.6 is 11.6 Å². The maximum atomic E-state index is 13.8. The van der Waals surface area contributed by atoms with Crippen LogP contribution in [0.15, 0.2) is 71.6 Å². The van der Waals surface area contributed by atoms with Crippen molar-refractivity contribution in [2.75, 3.05) is 13.2 Å². The fraction of sp³-hybridized carbons (Fsp3) is 0.174. The summed E-state index contributed by atoms with van der Waals surface area (Å²) >= 11 is 5.87. The van der Waals surface area contributed by atoms with E-state index in [9.17, 15) is 17.6 Å². The summed E-state index contributed by atoms with van der Waals surface area (Å²) in [5, 5.41) is 3.13. The lowest BCUT2D eigenvalue weighted by molar-refractivity contribution is 0.0950. The Labute approximate surface area is 190 Å². The number of ether oxygens (including phenoxy) is 1. The summed E-state index contributed by atoms with van der Waals surface area (Å²) in [6.07, 6.45) is 0. The minimum atomic E-state index is -3.78. The lowest BCUT2D eigenvalue weighted by Crippen LogP contribution is -2.32. The predicted molar refractivity (Wildman–Crippen MR) is 119 cm³/mol. The van der Waals surface area contributed by atoms with Crippen LogP contribution in [0, 0.1) is 5.82 Å². The Hall–Kier alpha value is -2.94. The van der Waals surface area contributed by atoms with Gasteiger partial charge in [0.25, 0.3) is 5.91 Å². The molecule has 4 rings (SSSR count). The number of nitrogens with one attached hydrogen (secondary N) is 1. The number of hydrogen-bond acceptors (Lipinski definition) is 4. The molecule has 1 N–H and O–H groups in total. The van der Waals surface area contributed by atoms with E-state index in [0.717, 1.165) is 0 Å². The molecule has 1 aliphatic rings. The van der Waals surface area contributed by atoms with E-state index in [1.807, 2.05) is 0 Å². The number of benzene rings is 3. The van der Waals surface area contributed by atoms with Gasteiger partial charge in [0.05, 0.1) is 4.90 Å². The fourth-order valence-corrected chi connectivity index (χ4v) is 4.92. The molecule has 0 fully saturated rings. The van der Waals surface area contributed by atoms with Gasteiger partial charge in [0.1, 0.15) is 18.2 Å². The Morgan fingerprint density at radius 1 is 1.09 bits per heavy atom. The lowest BCUT2D eigenvalue weighted by Gasteiger charge is -2.19. The number of rotatable bonds is 5. The molecule has 0 aliphatic carbocycles. The molecule has 6 nitrogen and oxygen atoms in total. The minimum absolute atomic E-state index is 0.0379. The van der Waals surface area contributed by atoms with Crippen molar-refractivity contribution in [3.63, 3.8) is 0 Å². The van der Waals surface area contributed by atoms with Gasteiger partial charge in [-0.05, 0) is 48.5 Å². The van der Waals surface area contributed by atoms with Crippen LogP contribution in [0.4, 0.5) is 4.39 Å². The largest absolute Gasteiger partial charge is 0.492 e. The Bertz CT molecular complexity index is 1250. The zero-order chi connectivity index (χ0) is 22.7. The number of carbonyl (C=O) groups is 1. The SMILES string of the molecule is O=C(NCc1ccccc1F)c1ccc2c(c1)CN(S(=O)(=O)c1ccc(Cl)cc1)CCO2. The molecule has 3 aromatic rings. The van der Waals surface area contributed by atoms with E-state index in [-0.39, 0.29) is 31.1 Å². The number of hydrogen-bond donors (Lipinski definition) is 1. The second-order valence-electron chi connectivity index (χ2n) is 7.24. The van der Waals surface area contributed by atoms with E-state index in [1.54, 1.807) is 36.4 Å². The third-order valence-electron chi connectivity index (χ3n) is 5.12. The van der Waals surface area contributed by atoms with Crippen molar-refractivity contribution < 1.29 is 22.3 Å². The van der Waals surface area contributed by atoms with Crippen molar-refractivity contribution in [2.24, 2.45) is 0 Å². The number of nitrogens with zero attached hydrogens (tertiary/aromatic N) is 1. The third-order valence-corrected chi connectivity index (χ3v) is 7.23. The normalized spacial score (nSPS) is 14.2. The predicted octanol–water partition coefficient (Wildman–Crippen LogP) is 3.99. The van der Waals surface area contributed by atoms with Crippen LogP contribution in [0.3, 0.4) is 0 Å². The van der Waals surface area contributed by atoms with E-state index in [0.29, 0.717) is 27.5 Å². The highest BCUT2D eigenvalue weighted by Gasteiger charge is 2.28. The van der Waals surface area contributed by atoms with Gasteiger partial charge in [-0.15, -0.1) is 0 Å². The molecule has 166 valence electrons. The second kappa shape index (κ2) is 9.28. The van der Waals surface area contributed by atoms with Gasteiger partial charge < -0.3 is 10.1 Å². The van der Waals surface area contributed by atoms with E-state index in [1.165, 1.54) is 34.6 Å². The topological polar surface area (TPSA) is 75.7 Å². The molecule has 9 heteroatoms. The molecule has 0 spiro atoms. The third kappa shape index (κ3) is 4.77. The monoisotopic (exact) mass is 474 g/mol. The maximum Gasteiger partial charge on any atom is 0.251 e. The highest BCUT2D eigenvalue weighted by Crippen LogP contribution is 2.28. The molecule has 3 aromatic carbocycles. The molecule has 0 atom stereocenters. The molecule has 0 saturated heterocycles. The Morgan fingerprint density at radius 3 is 2.59 bits per heavy atom. The number of halogens is 2. The highest BCUT2D eigenvalue weighted by atomic mass is 35.5. The molecule has 32 heavy (non-hydrogen) atoms. The zero-order valence-corrected chi connectivity index (χ0v) is 18.5. The second-order valence-corrected chi connectivity index (χ2v) is 9.61. The van der Waals surface area contributed by atoms with E-state index in [2.05, 4.69) is 5.32 Å². The summed E-state index contributed by atoms with van der Waals surface area (Å²) in [4.78, 5) is 12.7. The minimum Gasteiger partial charge on any atom is -0.492 e.